The monoisotopic (exact) mass is 483 g/mol. The fourth-order valence-electron chi connectivity index (χ4n) is 6.12. The van der Waals surface area contributed by atoms with Gasteiger partial charge in [0.2, 0.25) is 0 Å². The lowest BCUT2D eigenvalue weighted by Crippen LogP contribution is -2.51. The molecular weight excluding hydrogens is 446 g/mol. The van der Waals surface area contributed by atoms with Crippen LogP contribution >= 0.6 is 0 Å². The second-order valence-electron chi connectivity index (χ2n) is 10.3. The first-order chi connectivity index (χ1) is 17.1. The van der Waals surface area contributed by atoms with E-state index in [-0.39, 0.29) is 24.6 Å². The summed E-state index contributed by atoms with van der Waals surface area (Å²) < 4.78 is 5.38. The number of nitrogens with one attached hydrogen (secondary N) is 2. The number of hydrogen-bond donors (Lipinski definition) is 2. The van der Waals surface area contributed by atoms with Crippen molar-refractivity contribution in [3.8, 4) is 0 Å². The first-order valence-corrected chi connectivity index (χ1v) is 13.1. The van der Waals surface area contributed by atoms with Gasteiger partial charge in [-0.1, -0.05) is 18.2 Å². The minimum Gasteiger partial charge on any atom is -0.439 e. The van der Waals surface area contributed by atoms with Crippen molar-refractivity contribution in [1.82, 2.24) is 20.0 Å². The maximum atomic E-state index is 12.6. The van der Waals surface area contributed by atoms with Crippen molar-refractivity contribution in [2.24, 2.45) is 11.8 Å². The number of carbonyl (C=O) groups is 3. The first-order valence-electron chi connectivity index (χ1n) is 13.1. The predicted octanol–water partition coefficient (Wildman–Crippen LogP) is 2.87. The number of benzene rings is 1. The molecule has 0 aromatic heterocycles. The van der Waals surface area contributed by atoms with Gasteiger partial charge in [0.15, 0.2) is 6.61 Å². The maximum absolute atomic E-state index is 12.6. The summed E-state index contributed by atoms with van der Waals surface area (Å²) in [5, 5.41) is 6.39. The number of likely N-dealkylation sites (tertiary alicyclic amines) is 2. The zero-order chi connectivity index (χ0) is 24.2. The summed E-state index contributed by atoms with van der Waals surface area (Å²) in [6, 6.07) is 7.84. The molecule has 3 saturated heterocycles. The average molecular weight is 484 g/mol. The van der Waals surface area contributed by atoms with E-state index in [1.807, 2.05) is 34.1 Å². The van der Waals surface area contributed by atoms with E-state index in [9.17, 15) is 14.4 Å². The van der Waals surface area contributed by atoms with E-state index in [1.54, 1.807) is 4.90 Å². The lowest BCUT2D eigenvalue weighted by molar-refractivity contribution is -0.136. The highest BCUT2D eigenvalue weighted by molar-refractivity contribution is 5.92. The van der Waals surface area contributed by atoms with Crippen LogP contribution in [0, 0.1) is 11.8 Å². The molecule has 5 rings (SSSR count). The molecule has 3 fully saturated rings. The van der Waals surface area contributed by atoms with E-state index in [1.165, 1.54) is 12.8 Å². The zero-order valence-electron chi connectivity index (χ0n) is 20.4. The Balaban J connectivity index is 1.03. The largest absolute Gasteiger partial charge is 0.439 e. The molecule has 1 aromatic carbocycles. The van der Waals surface area contributed by atoms with Crippen molar-refractivity contribution in [3.05, 3.63) is 29.8 Å². The van der Waals surface area contributed by atoms with Crippen molar-refractivity contribution >= 4 is 23.7 Å². The lowest BCUT2D eigenvalue weighted by Gasteiger charge is -2.40. The van der Waals surface area contributed by atoms with Crippen LogP contribution in [0.1, 0.15) is 44.1 Å². The van der Waals surface area contributed by atoms with Crippen molar-refractivity contribution in [2.75, 3.05) is 51.2 Å². The first kappa shape index (κ1) is 23.9. The van der Waals surface area contributed by atoms with Crippen LogP contribution in [-0.2, 0) is 16.1 Å². The van der Waals surface area contributed by atoms with Gasteiger partial charge in [-0.2, -0.15) is 0 Å². The number of hydrogen-bond acceptors (Lipinski definition) is 5. The fourth-order valence-corrected chi connectivity index (χ4v) is 6.12. The second-order valence-corrected chi connectivity index (χ2v) is 10.3. The SMILES string of the molecule is O=C(COC(=O)N1CCC(N2Cc3ccccc3NC2=O)CC1)N1CCC(C2CCNCC2)CC1. The third-order valence-electron chi connectivity index (χ3n) is 8.29. The number of ether oxygens (including phenoxy) is 1. The number of fused-ring (bicyclic) bond motifs is 1. The topological polar surface area (TPSA) is 94.2 Å². The fraction of sp³-hybridized carbons (Fsp3) is 0.654. The molecule has 2 N–H and O–H groups in total. The molecule has 1 aromatic rings. The highest BCUT2D eigenvalue weighted by Crippen LogP contribution is 2.31. The van der Waals surface area contributed by atoms with Gasteiger partial charge in [0.05, 0.1) is 0 Å². The molecule has 0 spiro atoms. The Labute approximate surface area is 207 Å². The molecule has 4 aliphatic heterocycles. The van der Waals surface area contributed by atoms with Crippen LogP contribution in [0.25, 0.3) is 0 Å². The Morgan fingerprint density at radius 3 is 2.29 bits per heavy atom. The second kappa shape index (κ2) is 10.8. The van der Waals surface area contributed by atoms with Gasteiger partial charge in [-0.05, 0) is 75.1 Å². The van der Waals surface area contributed by atoms with Gasteiger partial charge in [0, 0.05) is 44.5 Å². The summed E-state index contributed by atoms with van der Waals surface area (Å²) in [6.07, 6.45) is 5.53. The number of urea groups is 1. The molecule has 4 heterocycles. The Bertz CT molecular complexity index is 918. The normalized spacial score (nSPS) is 22.5. The number of rotatable bonds is 4. The van der Waals surface area contributed by atoms with Gasteiger partial charge < -0.3 is 30.1 Å². The van der Waals surface area contributed by atoms with Crippen LogP contribution in [0.5, 0.6) is 0 Å². The minimum absolute atomic E-state index is 0.0790. The zero-order valence-corrected chi connectivity index (χ0v) is 20.4. The molecule has 9 heteroatoms. The third-order valence-corrected chi connectivity index (χ3v) is 8.29. The smallest absolute Gasteiger partial charge is 0.410 e. The van der Waals surface area contributed by atoms with Crippen LogP contribution in [0.3, 0.4) is 0 Å². The van der Waals surface area contributed by atoms with Crippen LogP contribution < -0.4 is 10.6 Å². The van der Waals surface area contributed by atoms with E-state index >= 15 is 0 Å². The minimum atomic E-state index is -0.435. The molecule has 0 radical (unpaired) electrons. The number of piperidine rings is 3. The van der Waals surface area contributed by atoms with Gasteiger partial charge in [-0.3, -0.25) is 4.79 Å². The van der Waals surface area contributed by atoms with E-state index in [0.717, 1.165) is 56.2 Å². The summed E-state index contributed by atoms with van der Waals surface area (Å²) in [4.78, 5) is 43.2. The molecule has 0 unspecified atom stereocenters. The Morgan fingerprint density at radius 1 is 0.886 bits per heavy atom. The third kappa shape index (κ3) is 5.55. The van der Waals surface area contributed by atoms with Crippen molar-refractivity contribution in [2.45, 2.75) is 51.1 Å². The predicted molar refractivity (Wildman–Crippen MR) is 132 cm³/mol. The molecule has 35 heavy (non-hydrogen) atoms. The van der Waals surface area contributed by atoms with Crippen molar-refractivity contribution < 1.29 is 19.1 Å². The molecule has 9 nitrogen and oxygen atoms in total. The van der Waals surface area contributed by atoms with E-state index in [2.05, 4.69) is 10.6 Å². The van der Waals surface area contributed by atoms with E-state index in [0.29, 0.717) is 38.4 Å². The van der Waals surface area contributed by atoms with E-state index in [4.69, 9.17) is 4.74 Å². The standard InChI is InChI=1S/C26H37N5O4/c32-24(29-13-7-20(8-14-29)19-5-11-27-12-6-19)18-35-26(34)30-15-9-22(10-16-30)31-17-21-3-1-2-4-23(21)28-25(31)33/h1-4,19-20,22,27H,5-18H2,(H,28,33). The molecule has 0 bridgehead atoms. The Kier molecular flexibility index (Phi) is 7.41. The molecular formula is C26H37N5O4. The van der Waals surface area contributed by atoms with E-state index < -0.39 is 6.09 Å². The highest BCUT2D eigenvalue weighted by Gasteiger charge is 2.34. The van der Waals surface area contributed by atoms with Crippen LogP contribution in [-0.4, -0.2) is 84.6 Å². The summed E-state index contributed by atoms with van der Waals surface area (Å²) in [6.45, 7) is 5.17. The molecule has 0 aliphatic carbocycles. The number of para-hydroxylation sites is 1. The summed E-state index contributed by atoms with van der Waals surface area (Å²) in [7, 11) is 0. The van der Waals surface area contributed by atoms with Gasteiger partial charge in [0.25, 0.3) is 5.91 Å². The quantitative estimate of drug-likeness (QED) is 0.687. The summed E-state index contributed by atoms with van der Waals surface area (Å²) >= 11 is 0. The van der Waals surface area contributed by atoms with Gasteiger partial charge in [-0.25, -0.2) is 9.59 Å². The van der Waals surface area contributed by atoms with Crippen LogP contribution in [0.2, 0.25) is 0 Å². The van der Waals surface area contributed by atoms with Gasteiger partial charge >= 0.3 is 12.1 Å². The average Bonchev–Trinajstić information content (AvgIpc) is 2.92. The Morgan fingerprint density at radius 2 is 1.54 bits per heavy atom. The van der Waals surface area contributed by atoms with Crippen LogP contribution in [0.4, 0.5) is 15.3 Å². The summed E-state index contributed by atoms with van der Waals surface area (Å²) in [5.74, 6) is 1.39. The number of anilines is 1. The van der Waals surface area contributed by atoms with Gasteiger partial charge in [-0.15, -0.1) is 0 Å². The van der Waals surface area contributed by atoms with Gasteiger partial charge in [0.1, 0.15) is 0 Å². The number of nitrogens with zero attached hydrogens (tertiary/aromatic N) is 3. The molecule has 4 aliphatic rings. The molecule has 0 atom stereocenters. The Hall–Kier alpha value is -2.81. The van der Waals surface area contributed by atoms with Crippen molar-refractivity contribution in [1.29, 1.82) is 0 Å². The number of carbonyl (C=O) groups excluding carboxylic acids is 3. The van der Waals surface area contributed by atoms with Crippen LogP contribution in [0.15, 0.2) is 24.3 Å². The number of amides is 4. The molecule has 4 amide bonds. The lowest BCUT2D eigenvalue weighted by atomic mass is 9.79. The molecule has 190 valence electrons. The summed E-state index contributed by atoms with van der Waals surface area (Å²) in [5.41, 5.74) is 1.97. The maximum Gasteiger partial charge on any atom is 0.410 e. The molecule has 0 saturated carbocycles. The highest BCUT2D eigenvalue weighted by atomic mass is 16.6. The van der Waals surface area contributed by atoms with Crippen molar-refractivity contribution in [3.63, 3.8) is 0 Å².